The van der Waals surface area contributed by atoms with Crippen LogP contribution in [0.5, 0.6) is 5.75 Å². The van der Waals surface area contributed by atoms with Crippen LogP contribution in [-0.2, 0) is 0 Å². The molecule has 0 aliphatic carbocycles. The second-order valence-electron chi connectivity index (χ2n) is 2.36. The van der Waals surface area contributed by atoms with Crippen LogP contribution in [0.1, 0.15) is 31.1 Å². The lowest BCUT2D eigenvalue weighted by Gasteiger charge is -2.02. The highest BCUT2D eigenvalue weighted by atomic mass is 16.6. The summed E-state index contributed by atoms with van der Waals surface area (Å²) in [6.07, 6.45) is 0. The first-order valence-corrected chi connectivity index (χ1v) is 4.58. The van der Waals surface area contributed by atoms with E-state index in [9.17, 15) is 4.79 Å². The van der Waals surface area contributed by atoms with E-state index in [0.717, 1.165) is 0 Å². The Labute approximate surface area is 84.3 Å². The van der Waals surface area contributed by atoms with Gasteiger partial charge in [-0.25, -0.2) is 0 Å². The van der Waals surface area contributed by atoms with Crippen molar-refractivity contribution >= 4 is 5.78 Å². The molecule has 0 saturated heterocycles. The van der Waals surface area contributed by atoms with Crippen LogP contribution >= 0.6 is 0 Å². The fourth-order valence-electron chi connectivity index (χ4n) is 0.879. The van der Waals surface area contributed by atoms with E-state index in [2.05, 4.69) is 0 Å². The van der Waals surface area contributed by atoms with Crippen LogP contribution in [0.4, 0.5) is 0 Å². The zero-order valence-corrected chi connectivity index (χ0v) is 8.78. The molecule has 0 heterocycles. The van der Waals surface area contributed by atoms with Gasteiger partial charge in [-0.1, -0.05) is 26.0 Å². The van der Waals surface area contributed by atoms with E-state index in [1.807, 2.05) is 13.8 Å². The van der Waals surface area contributed by atoms with Crippen molar-refractivity contribution < 1.29 is 14.6 Å². The molecule has 1 N–H and O–H groups in total. The standard InChI is InChI=1S/C9H10O3.C2H6/c1-7(11)8-3-2-4-9(5-8)12-6-10;1-2/h2-5,10H,6H2,1H3;1-2H3. The summed E-state index contributed by atoms with van der Waals surface area (Å²) in [4.78, 5) is 10.9. The number of hydrogen-bond donors (Lipinski definition) is 1. The van der Waals surface area contributed by atoms with Gasteiger partial charge in [0.1, 0.15) is 5.75 Å². The van der Waals surface area contributed by atoms with Crippen LogP contribution in [-0.4, -0.2) is 17.7 Å². The number of aliphatic hydroxyl groups is 1. The smallest absolute Gasteiger partial charge is 0.186 e. The molecule has 0 fully saturated rings. The average molecular weight is 196 g/mol. The molecule has 0 spiro atoms. The number of aliphatic hydroxyl groups excluding tert-OH is 1. The highest BCUT2D eigenvalue weighted by molar-refractivity contribution is 5.94. The maximum Gasteiger partial charge on any atom is 0.186 e. The summed E-state index contributed by atoms with van der Waals surface area (Å²) in [5.74, 6) is 0.489. The Hall–Kier alpha value is -1.35. The Kier molecular flexibility index (Phi) is 6.41. The predicted octanol–water partition coefficient (Wildman–Crippen LogP) is 2.24. The van der Waals surface area contributed by atoms with Crippen molar-refractivity contribution in [1.29, 1.82) is 0 Å². The van der Waals surface area contributed by atoms with Gasteiger partial charge in [0.2, 0.25) is 0 Å². The molecule has 0 aliphatic rings. The number of hydrogen-bond acceptors (Lipinski definition) is 3. The molecular formula is C11H16O3. The third-order valence-electron chi connectivity index (χ3n) is 1.47. The minimum Gasteiger partial charge on any atom is -0.468 e. The van der Waals surface area contributed by atoms with Crippen molar-refractivity contribution in [2.24, 2.45) is 0 Å². The van der Waals surface area contributed by atoms with Gasteiger partial charge in [0, 0.05) is 5.56 Å². The molecule has 0 atom stereocenters. The third-order valence-corrected chi connectivity index (χ3v) is 1.47. The van der Waals surface area contributed by atoms with Gasteiger partial charge in [0.15, 0.2) is 12.6 Å². The molecule has 3 heteroatoms. The minimum absolute atomic E-state index is 0.0154. The monoisotopic (exact) mass is 196 g/mol. The first-order valence-electron chi connectivity index (χ1n) is 4.58. The van der Waals surface area contributed by atoms with Crippen molar-refractivity contribution in [2.45, 2.75) is 20.8 Å². The lowest BCUT2D eigenvalue weighted by atomic mass is 10.1. The largest absolute Gasteiger partial charge is 0.468 e. The number of rotatable bonds is 3. The van der Waals surface area contributed by atoms with Gasteiger partial charge < -0.3 is 9.84 Å². The van der Waals surface area contributed by atoms with Gasteiger partial charge in [-0.15, -0.1) is 0 Å². The first-order chi connectivity index (χ1) is 6.74. The zero-order valence-electron chi connectivity index (χ0n) is 8.78. The minimum atomic E-state index is -0.374. The number of carbonyl (C=O) groups is 1. The summed E-state index contributed by atoms with van der Waals surface area (Å²) in [5.41, 5.74) is 0.584. The molecule has 0 unspecified atom stereocenters. The Morgan fingerprint density at radius 1 is 1.43 bits per heavy atom. The number of carbonyl (C=O) groups excluding carboxylic acids is 1. The number of ether oxygens (including phenoxy) is 1. The number of Topliss-reactive ketones (excluding diaryl/α,β-unsaturated/α-hetero) is 1. The fraction of sp³-hybridized carbons (Fsp3) is 0.364. The van der Waals surface area contributed by atoms with Gasteiger partial charge in [-0.2, -0.15) is 0 Å². The lowest BCUT2D eigenvalue weighted by molar-refractivity contribution is 0.0968. The second kappa shape index (κ2) is 7.09. The van der Waals surface area contributed by atoms with Gasteiger partial charge in [0.25, 0.3) is 0 Å². The third kappa shape index (κ3) is 4.05. The zero-order chi connectivity index (χ0) is 11.0. The highest BCUT2D eigenvalue weighted by Crippen LogP contribution is 2.12. The van der Waals surface area contributed by atoms with Crippen molar-refractivity contribution in [2.75, 3.05) is 6.79 Å². The Morgan fingerprint density at radius 2 is 2.07 bits per heavy atom. The van der Waals surface area contributed by atoms with Gasteiger partial charge in [-0.05, 0) is 19.1 Å². The summed E-state index contributed by atoms with van der Waals surface area (Å²) >= 11 is 0. The van der Waals surface area contributed by atoms with E-state index in [1.54, 1.807) is 24.3 Å². The molecule has 0 bridgehead atoms. The summed E-state index contributed by atoms with van der Waals surface area (Å²) in [5, 5.41) is 8.44. The Bertz CT molecular complexity index is 282. The van der Waals surface area contributed by atoms with Crippen LogP contribution in [0, 0.1) is 0 Å². The topological polar surface area (TPSA) is 46.5 Å². The van der Waals surface area contributed by atoms with Gasteiger partial charge >= 0.3 is 0 Å². The van der Waals surface area contributed by atoms with Crippen LogP contribution in [0.2, 0.25) is 0 Å². The van der Waals surface area contributed by atoms with Crippen LogP contribution in [0.15, 0.2) is 24.3 Å². The molecule has 14 heavy (non-hydrogen) atoms. The summed E-state index contributed by atoms with van der Waals surface area (Å²) in [6.45, 7) is 5.11. The predicted molar refractivity (Wildman–Crippen MR) is 55.5 cm³/mol. The van der Waals surface area contributed by atoms with E-state index in [-0.39, 0.29) is 12.6 Å². The van der Waals surface area contributed by atoms with Crippen molar-refractivity contribution in [1.82, 2.24) is 0 Å². The first kappa shape index (κ1) is 12.7. The number of benzene rings is 1. The molecule has 3 nitrogen and oxygen atoms in total. The maximum atomic E-state index is 10.9. The summed E-state index contributed by atoms with van der Waals surface area (Å²) in [6, 6.07) is 6.69. The van der Waals surface area contributed by atoms with Gasteiger partial charge in [-0.3, -0.25) is 4.79 Å². The van der Waals surface area contributed by atoms with Crippen molar-refractivity contribution in [3.05, 3.63) is 29.8 Å². The Morgan fingerprint density at radius 3 is 2.57 bits per heavy atom. The molecule has 0 saturated carbocycles. The van der Waals surface area contributed by atoms with Crippen LogP contribution < -0.4 is 4.74 Å². The molecule has 1 aromatic rings. The van der Waals surface area contributed by atoms with Crippen molar-refractivity contribution in [3.8, 4) is 5.75 Å². The molecule has 0 radical (unpaired) electrons. The van der Waals surface area contributed by atoms with Crippen LogP contribution in [0.25, 0.3) is 0 Å². The SMILES string of the molecule is CC.CC(=O)c1cccc(OCO)c1. The maximum absolute atomic E-state index is 10.9. The number of ketones is 1. The molecular weight excluding hydrogens is 180 g/mol. The summed E-state index contributed by atoms with van der Waals surface area (Å²) in [7, 11) is 0. The quantitative estimate of drug-likeness (QED) is 0.595. The average Bonchev–Trinajstić information content (AvgIpc) is 2.22. The van der Waals surface area contributed by atoms with Crippen LogP contribution in [0.3, 0.4) is 0 Å². The van der Waals surface area contributed by atoms with E-state index in [0.29, 0.717) is 11.3 Å². The molecule has 0 aliphatic heterocycles. The summed E-state index contributed by atoms with van der Waals surface area (Å²) < 4.78 is 4.80. The van der Waals surface area contributed by atoms with E-state index in [1.165, 1.54) is 6.92 Å². The van der Waals surface area contributed by atoms with E-state index in [4.69, 9.17) is 9.84 Å². The molecule has 0 aromatic heterocycles. The van der Waals surface area contributed by atoms with E-state index >= 15 is 0 Å². The van der Waals surface area contributed by atoms with Crippen molar-refractivity contribution in [3.63, 3.8) is 0 Å². The second-order valence-corrected chi connectivity index (χ2v) is 2.36. The Balaban J connectivity index is 0.000000791. The van der Waals surface area contributed by atoms with E-state index < -0.39 is 0 Å². The molecule has 1 rings (SSSR count). The molecule has 1 aromatic carbocycles. The van der Waals surface area contributed by atoms with Gasteiger partial charge in [0.05, 0.1) is 0 Å². The lowest BCUT2D eigenvalue weighted by Crippen LogP contribution is -1.97. The molecule has 78 valence electrons. The normalized spacial score (nSPS) is 8.57. The highest BCUT2D eigenvalue weighted by Gasteiger charge is 1.99. The fourth-order valence-corrected chi connectivity index (χ4v) is 0.879. The molecule has 0 amide bonds.